The number of imidazole rings is 1. The maximum Gasteiger partial charge on any atom is 0.287 e. The Balaban J connectivity index is 1.74. The first-order valence-electron chi connectivity index (χ1n) is 9.47. The van der Waals surface area contributed by atoms with Gasteiger partial charge >= 0.3 is 0 Å². The number of aromatic nitrogens is 2. The van der Waals surface area contributed by atoms with E-state index >= 15 is 0 Å². The van der Waals surface area contributed by atoms with Gasteiger partial charge in [-0.1, -0.05) is 0 Å². The van der Waals surface area contributed by atoms with Crippen LogP contribution >= 0.6 is 0 Å². The van der Waals surface area contributed by atoms with Crippen LogP contribution in [0, 0.1) is 0 Å². The van der Waals surface area contributed by atoms with Crippen molar-refractivity contribution in [1.82, 2.24) is 24.7 Å². The summed E-state index contributed by atoms with van der Waals surface area (Å²) in [4.78, 5) is 33.9. The number of fused-ring (bicyclic) bond motifs is 1. The van der Waals surface area contributed by atoms with E-state index < -0.39 is 0 Å². The van der Waals surface area contributed by atoms with Crippen LogP contribution in [-0.4, -0.2) is 84.7 Å². The molecule has 0 saturated carbocycles. The highest BCUT2D eigenvalue weighted by atomic mass is 16.5. The van der Waals surface area contributed by atoms with Crippen molar-refractivity contribution in [2.75, 3.05) is 53.5 Å². The molecule has 3 rings (SSSR count). The number of nitrogens with one attached hydrogen (secondary N) is 1. The fraction of sp³-hybridized carbons (Fsp3) is 0.722. The standard InChI is InChI=1S/C18H29N5O3/c1-21(2)8-5-7-19-17(24)16-20-15(14-6-3-4-9-23(14)16)18(25)22-10-12-26-13-11-22/h3-13H2,1-2H3,(H,19,24). The van der Waals surface area contributed by atoms with Crippen LogP contribution in [0.15, 0.2) is 0 Å². The fourth-order valence-electron chi connectivity index (χ4n) is 3.48. The van der Waals surface area contributed by atoms with E-state index in [4.69, 9.17) is 4.74 Å². The number of morpholine rings is 1. The quantitative estimate of drug-likeness (QED) is 0.739. The molecule has 1 saturated heterocycles. The summed E-state index contributed by atoms with van der Waals surface area (Å²) in [7, 11) is 4.02. The number of ether oxygens (including phenoxy) is 1. The van der Waals surface area contributed by atoms with Gasteiger partial charge in [0.15, 0.2) is 5.82 Å². The molecule has 8 heteroatoms. The monoisotopic (exact) mass is 363 g/mol. The lowest BCUT2D eigenvalue weighted by molar-refractivity contribution is 0.0298. The molecule has 0 spiro atoms. The van der Waals surface area contributed by atoms with Crippen LogP contribution in [-0.2, 0) is 17.7 Å². The maximum absolute atomic E-state index is 12.9. The lowest BCUT2D eigenvalue weighted by Crippen LogP contribution is -2.41. The number of hydrogen-bond acceptors (Lipinski definition) is 5. The van der Waals surface area contributed by atoms with Crippen molar-refractivity contribution >= 4 is 11.8 Å². The van der Waals surface area contributed by atoms with Crippen molar-refractivity contribution in [3.05, 3.63) is 17.2 Å². The zero-order valence-corrected chi connectivity index (χ0v) is 15.8. The van der Waals surface area contributed by atoms with Gasteiger partial charge in [0.1, 0.15) is 5.69 Å². The van der Waals surface area contributed by atoms with Crippen molar-refractivity contribution in [3.63, 3.8) is 0 Å². The lowest BCUT2D eigenvalue weighted by atomic mass is 10.1. The third-order valence-electron chi connectivity index (χ3n) is 4.89. The van der Waals surface area contributed by atoms with Gasteiger partial charge in [0, 0.05) is 26.2 Å². The van der Waals surface area contributed by atoms with Gasteiger partial charge in [0.25, 0.3) is 11.8 Å². The van der Waals surface area contributed by atoms with Gasteiger partial charge in [-0.05, 0) is 46.3 Å². The number of carbonyl (C=O) groups excluding carboxylic acids is 2. The summed E-state index contributed by atoms with van der Waals surface area (Å²) in [5.74, 6) is 0.111. The number of rotatable bonds is 6. The third kappa shape index (κ3) is 4.24. The number of nitrogens with zero attached hydrogens (tertiary/aromatic N) is 4. The number of carbonyl (C=O) groups is 2. The van der Waals surface area contributed by atoms with Crippen molar-refractivity contribution in [3.8, 4) is 0 Å². The van der Waals surface area contributed by atoms with Crippen LogP contribution in [0.4, 0.5) is 0 Å². The van der Waals surface area contributed by atoms with Crippen LogP contribution in [0.1, 0.15) is 46.1 Å². The molecular formula is C18H29N5O3. The molecule has 0 aromatic carbocycles. The lowest BCUT2D eigenvalue weighted by Gasteiger charge is -2.26. The molecule has 0 aliphatic carbocycles. The van der Waals surface area contributed by atoms with Gasteiger partial charge in [0.05, 0.1) is 18.9 Å². The Hall–Kier alpha value is -1.93. The Labute approximate surface area is 154 Å². The minimum absolute atomic E-state index is 0.0781. The molecule has 0 radical (unpaired) electrons. The van der Waals surface area contributed by atoms with Crippen molar-refractivity contribution in [2.24, 2.45) is 0 Å². The van der Waals surface area contributed by atoms with Crippen LogP contribution in [0.3, 0.4) is 0 Å². The van der Waals surface area contributed by atoms with Gasteiger partial charge in [-0.2, -0.15) is 0 Å². The van der Waals surface area contributed by atoms with Gasteiger partial charge in [-0.15, -0.1) is 0 Å². The first-order chi connectivity index (χ1) is 12.6. The SMILES string of the molecule is CN(C)CCCNC(=O)c1nc(C(=O)N2CCOCC2)c2n1CCCC2. The molecule has 8 nitrogen and oxygen atoms in total. The molecule has 26 heavy (non-hydrogen) atoms. The first kappa shape index (κ1) is 18.8. The molecule has 2 aliphatic rings. The molecule has 1 aromatic rings. The van der Waals surface area contributed by atoms with E-state index in [9.17, 15) is 9.59 Å². The molecule has 1 aromatic heterocycles. The van der Waals surface area contributed by atoms with Crippen LogP contribution < -0.4 is 5.32 Å². The molecule has 0 atom stereocenters. The highest BCUT2D eigenvalue weighted by Gasteiger charge is 2.30. The summed E-state index contributed by atoms with van der Waals surface area (Å²) < 4.78 is 7.27. The molecule has 0 unspecified atom stereocenters. The number of hydrogen-bond donors (Lipinski definition) is 1. The largest absolute Gasteiger partial charge is 0.378 e. The Bertz CT molecular complexity index is 649. The van der Waals surface area contributed by atoms with Gasteiger partial charge in [-0.3, -0.25) is 9.59 Å². The summed E-state index contributed by atoms with van der Waals surface area (Å²) in [5.41, 5.74) is 1.36. The van der Waals surface area contributed by atoms with Gasteiger partial charge in [-0.25, -0.2) is 4.98 Å². The average molecular weight is 363 g/mol. The highest BCUT2D eigenvalue weighted by Crippen LogP contribution is 2.22. The fourth-order valence-corrected chi connectivity index (χ4v) is 3.48. The van der Waals surface area contributed by atoms with E-state index in [-0.39, 0.29) is 11.8 Å². The maximum atomic E-state index is 12.9. The molecule has 144 valence electrons. The van der Waals surface area contributed by atoms with E-state index in [1.807, 2.05) is 18.7 Å². The molecule has 0 bridgehead atoms. The van der Waals surface area contributed by atoms with E-state index in [1.165, 1.54) is 0 Å². The minimum atomic E-state index is -0.187. The second-order valence-corrected chi connectivity index (χ2v) is 7.16. The minimum Gasteiger partial charge on any atom is -0.378 e. The average Bonchev–Trinajstić information content (AvgIpc) is 3.05. The summed E-state index contributed by atoms with van der Waals surface area (Å²) in [6, 6.07) is 0. The summed E-state index contributed by atoms with van der Waals surface area (Å²) in [6.45, 7) is 4.54. The third-order valence-corrected chi connectivity index (χ3v) is 4.89. The van der Waals surface area contributed by atoms with Crippen LogP contribution in [0.2, 0.25) is 0 Å². The van der Waals surface area contributed by atoms with Crippen LogP contribution in [0.25, 0.3) is 0 Å². The van der Waals surface area contributed by atoms with E-state index in [0.29, 0.717) is 44.4 Å². The summed E-state index contributed by atoms with van der Waals surface area (Å²) in [6.07, 6.45) is 3.71. The predicted octanol–water partition coefficient (Wildman–Crippen LogP) is 0.373. The van der Waals surface area contributed by atoms with E-state index in [0.717, 1.165) is 44.5 Å². The topological polar surface area (TPSA) is 79.7 Å². The zero-order valence-electron chi connectivity index (χ0n) is 15.8. The molecular weight excluding hydrogens is 334 g/mol. The molecule has 3 heterocycles. The van der Waals surface area contributed by atoms with Crippen molar-refractivity contribution in [1.29, 1.82) is 0 Å². The Kier molecular flexibility index (Phi) is 6.26. The van der Waals surface area contributed by atoms with E-state index in [1.54, 1.807) is 4.90 Å². The first-order valence-corrected chi connectivity index (χ1v) is 9.47. The highest BCUT2D eigenvalue weighted by molar-refractivity contribution is 5.97. The van der Waals surface area contributed by atoms with Gasteiger partial charge < -0.3 is 24.4 Å². The zero-order chi connectivity index (χ0) is 18.5. The Morgan fingerprint density at radius 2 is 1.96 bits per heavy atom. The normalized spacial score (nSPS) is 17.3. The Morgan fingerprint density at radius 3 is 2.69 bits per heavy atom. The second kappa shape index (κ2) is 8.64. The smallest absolute Gasteiger partial charge is 0.287 e. The van der Waals surface area contributed by atoms with Crippen molar-refractivity contribution in [2.45, 2.75) is 32.2 Å². The molecule has 1 N–H and O–H groups in total. The predicted molar refractivity (Wildman–Crippen MR) is 97.4 cm³/mol. The molecule has 2 aliphatic heterocycles. The molecule has 2 amide bonds. The van der Waals surface area contributed by atoms with Crippen molar-refractivity contribution < 1.29 is 14.3 Å². The summed E-state index contributed by atoms with van der Waals surface area (Å²) >= 11 is 0. The van der Waals surface area contributed by atoms with Crippen LogP contribution in [0.5, 0.6) is 0 Å². The summed E-state index contributed by atoms with van der Waals surface area (Å²) in [5, 5.41) is 2.94. The van der Waals surface area contributed by atoms with Gasteiger partial charge in [0.2, 0.25) is 0 Å². The Morgan fingerprint density at radius 1 is 1.19 bits per heavy atom. The number of amides is 2. The molecule has 1 fully saturated rings. The second-order valence-electron chi connectivity index (χ2n) is 7.16. The van der Waals surface area contributed by atoms with E-state index in [2.05, 4.69) is 15.2 Å².